The van der Waals surface area contributed by atoms with E-state index >= 15 is 0 Å². The van der Waals surface area contributed by atoms with Gasteiger partial charge in [-0.1, -0.05) is 436 Å². The summed E-state index contributed by atoms with van der Waals surface area (Å²) >= 11 is 0. The van der Waals surface area contributed by atoms with E-state index in [2.05, 4.69) is 31.3 Å². The van der Waals surface area contributed by atoms with Crippen LogP contribution in [-0.4, -0.2) is 193 Å². The molecule has 3 rings (SSSR count). The van der Waals surface area contributed by atoms with Gasteiger partial charge in [0.25, 0.3) is 0 Å². The number of unbranched alkanes of at least 4 members (excludes halogenated alkanes) is 66. The second-order valence-electron chi connectivity index (χ2n) is 36.0. The van der Waals surface area contributed by atoms with Gasteiger partial charge >= 0.3 is 0 Å². The standard InChI is InChI=1S/C98H187NO18/c1-3-5-7-9-11-13-15-17-19-21-23-25-27-29-31-33-35-37-38-39-40-41-42-44-46-48-50-52-54-56-58-60-62-64-66-68-70-72-74-76-86(104)99-81(82(103)75-73-71-69-67-65-63-61-59-57-55-53-51-49-47-45-43-36-34-32-30-28-26-24-22-20-18-16-14-12-10-8-6-4-2)80-112-96-92(110)89(107)94(84(78-101)114-96)117-98-93(111)90(108)95(85(79-102)115-98)116-97-91(109)88(106)87(105)83(77-100)113-97/h21,23,73,75,81-85,87-98,100-103,105-111H,3-20,22,24-72,74,76-80H2,1-2H3,(H,99,104)/b23-21-,75-73+. The molecule has 0 aromatic carbocycles. The van der Waals surface area contributed by atoms with Gasteiger partial charge in [0.15, 0.2) is 18.9 Å². The molecule has 3 heterocycles. The Morgan fingerprint density at radius 2 is 0.538 bits per heavy atom. The second kappa shape index (κ2) is 77.8. The number of aliphatic hydroxyl groups is 11. The van der Waals surface area contributed by atoms with E-state index < -0.39 is 124 Å². The lowest BCUT2D eigenvalue weighted by Gasteiger charge is -2.48. The minimum absolute atomic E-state index is 0.250. The van der Waals surface area contributed by atoms with Gasteiger partial charge in [0, 0.05) is 6.42 Å². The third kappa shape index (κ3) is 55.4. The van der Waals surface area contributed by atoms with Gasteiger partial charge in [-0.2, -0.15) is 0 Å². The maximum atomic E-state index is 13.6. The molecule has 0 spiro atoms. The summed E-state index contributed by atoms with van der Waals surface area (Å²) in [7, 11) is 0. The minimum Gasteiger partial charge on any atom is -0.394 e. The summed E-state index contributed by atoms with van der Waals surface area (Å²) in [6.07, 6.45) is 73.7. The molecule has 12 N–H and O–H groups in total. The number of aliphatic hydroxyl groups excluding tert-OH is 11. The Kier molecular flexibility index (Phi) is 72.8. The minimum atomic E-state index is -1.98. The van der Waals surface area contributed by atoms with Gasteiger partial charge in [-0.3, -0.25) is 4.79 Å². The average Bonchev–Trinajstić information content (AvgIpc) is 0.777. The van der Waals surface area contributed by atoms with Crippen LogP contribution in [0.1, 0.15) is 463 Å². The molecule has 117 heavy (non-hydrogen) atoms. The van der Waals surface area contributed by atoms with Crippen molar-refractivity contribution in [2.24, 2.45) is 0 Å². The van der Waals surface area contributed by atoms with E-state index in [0.717, 1.165) is 44.9 Å². The largest absolute Gasteiger partial charge is 0.394 e. The first-order valence-electron chi connectivity index (χ1n) is 50.1. The van der Waals surface area contributed by atoms with Crippen LogP contribution in [0.5, 0.6) is 0 Å². The summed E-state index contributed by atoms with van der Waals surface area (Å²) in [5.74, 6) is -0.264. The molecule has 3 fully saturated rings. The van der Waals surface area contributed by atoms with Crippen LogP contribution in [0, 0.1) is 0 Å². The van der Waals surface area contributed by atoms with Crippen LogP contribution in [-0.2, 0) is 33.2 Å². The van der Waals surface area contributed by atoms with E-state index in [9.17, 15) is 61.0 Å². The van der Waals surface area contributed by atoms with Crippen LogP contribution in [0.3, 0.4) is 0 Å². The molecular formula is C98H187NO18. The maximum Gasteiger partial charge on any atom is 0.220 e. The Hall–Kier alpha value is -1.73. The SMILES string of the molecule is CCCCCCCCCC/C=C\CCCCCCCCCCCCCCCCCCCCCCCCCCCCCC(=O)NC(COC1OC(CO)C(OC2OC(CO)C(OC3OC(CO)C(O)C(O)C3O)C(O)C2O)C(O)C1O)C(O)/C=C/CCCCCCCCCCCCCCCCCCCCCCCCCCCCCCCCC. The smallest absolute Gasteiger partial charge is 0.220 e. The predicted molar refractivity (Wildman–Crippen MR) is 476 cm³/mol. The molecule has 3 saturated heterocycles. The van der Waals surface area contributed by atoms with Crippen molar-refractivity contribution in [2.75, 3.05) is 26.4 Å². The Labute approximate surface area is 715 Å². The number of amides is 1. The number of hydrogen-bond acceptors (Lipinski definition) is 18. The lowest BCUT2D eigenvalue weighted by Crippen LogP contribution is -2.66. The van der Waals surface area contributed by atoms with Crippen LogP contribution in [0.15, 0.2) is 24.3 Å². The van der Waals surface area contributed by atoms with Crippen LogP contribution >= 0.6 is 0 Å². The van der Waals surface area contributed by atoms with Crippen LogP contribution in [0.4, 0.5) is 0 Å². The highest BCUT2D eigenvalue weighted by Crippen LogP contribution is 2.34. The van der Waals surface area contributed by atoms with Crippen molar-refractivity contribution in [3.05, 3.63) is 24.3 Å². The Morgan fingerprint density at radius 1 is 0.299 bits per heavy atom. The van der Waals surface area contributed by atoms with Gasteiger partial charge in [0.2, 0.25) is 5.91 Å². The van der Waals surface area contributed by atoms with Crippen molar-refractivity contribution in [1.29, 1.82) is 0 Å². The molecule has 17 unspecified atom stereocenters. The molecule has 3 aliphatic rings. The number of carbonyl (C=O) groups excluding carboxylic acids is 1. The molecule has 19 heteroatoms. The van der Waals surface area contributed by atoms with E-state index in [1.165, 1.54) is 392 Å². The Bertz CT molecular complexity index is 2200. The quantitative estimate of drug-likeness (QED) is 0.0199. The molecule has 0 saturated carbocycles. The fraction of sp³-hybridized carbons (Fsp3) is 0.949. The van der Waals surface area contributed by atoms with E-state index in [1.807, 2.05) is 6.08 Å². The van der Waals surface area contributed by atoms with Crippen LogP contribution in [0.25, 0.3) is 0 Å². The number of hydrogen-bond donors (Lipinski definition) is 12. The number of nitrogens with one attached hydrogen (secondary N) is 1. The van der Waals surface area contributed by atoms with E-state index in [0.29, 0.717) is 6.42 Å². The molecule has 0 aromatic rings. The van der Waals surface area contributed by atoms with Crippen molar-refractivity contribution in [3.63, 3.8) is 0 Å². The first-order chi connectivity index (χ1) is 57.3. The molecule has 19 nitrogen and oxygen atoms in total. The highest BCUT2D eigenvalue weighted by atomic mass is 16.8. The third-order valence-electron chi connectivity index (χ3n) is 25.2. The molecule has 692 valence electrons. The Balaban J connectivity index is 1.28. The molecule has 0 bridgehead atoms. The van der Waals surface area contributed by atoms with Crippen LogP contribution in [0.2, 0.25) is 0 Å². The summed E-state index contributed by atoms with van der Waals surface area (Å²) in [4.78, 5) is 13.6. The first-order valence-corrected chi connectivity index (χ1v) is 50.1. The molecule has 0 aliphatic carbocycles. The number of carbonyl (C=O) groups is 1. The Morgan fingerprint density at radius 3 is 0.829 bits per heavy atom. The van der Waals surface area contributed by atoms with E-state index in [4.69, 9.17) is 28.4 Å². The van der Waals surface area contributed by atoms with Crippen molar-refractivity contribution in [2.45, 2.75) is 568 Å². The lowest BCUT2D eigenvalue weighted by atomic mass is 9.96. The van der Waals surface area contributed by atoms with E-state index in [-0.39, 0.29) is 18.9 Å². The van der Waals surface area contributed by atoms with Crippen molar-refractivity contribution >= 4 is 5.91 Å². The molecular weight excluding hydrogens is 1480 g/mol. The fourth-order valence-corrected chi connectivity index (χ4v) is 17.3. The zero-order valence-corrected chi connectivity index (χ0v) is 75.2. The summed E-state index contributed by atoms with van der Waals surface area (Å²) in [6, 6.07) is -0.973. The zero-order chi connectivity index (χ0) is 84.5. The molecule has 1 amide bonds. The third-order valence-corrected chi connectivity index (χ3v) is 25.2. The van der Waals surface area contributed by atoms with Gasteiger partial charge < -0.3 is 89.9 Å². The van der Waals surface area contributed by atoms with Crippen molar-refractivity contribution < 1.29 is 89.4 Å². The van der Waals surface area contributed by atoms with Gasteiger partial charge in [0.05, 0.1) is 38.6 Å². The molecule has 0 aromatic heterocycles. The molecule has 17 atom stereocenters. The second-order valence-corrected chi connectivity index (χ2v) is 36.0. The average molecular weight is 1670 g/mol. The maximum absolute atomic E-state index is 13.6. The lowest BCUT2D eigenvalue weighted by molar-refractivity contribution is -0.379. The van der Waals surface area contributed by atoms with Gasteiger partial charge in [-0.25, -0.2) is 0 Å². The number of ether oxygens (including phenoxy) is 6. The van der Waals surface area contributed by atoms with Gasteiger partial charge in [-0.15, -0.1) is 0 Å². The zero-order valence-electron chi connectivity index (χ0n) is 75.2. The summed E-state index contributed by atoms with van der Waals surface area (Å²) in [6.45, 7) is 1.83. The van der Waals surface area contributed by atoms with Crippen molar-refractivity contribution in [3.8, 4) is 0 Å². The highest BCUT2D eigenvalue weighted by molar-refractivity contribution is 5.76. The summed E-state index contributed by atoms with van der Waals surface area (Å²) in [5, 5.41) is 121. The van der Waals surface area contributed by atoms with Gasteiger partial charge in [0.1, 0.15) is 73.2 Å². The number of allylic oxidation sites excluding steroid dienone is 3. The summed E-state index contributed by atoms with van der Waals surface area (Å²) in [5.41, 5.74) is 0. The van der Waals surface area contributed by atoms with E-state index in [1.54, 1.807) is 6.08 Å². The topological polar surface area (TPSA) is 307 Å². The summed E-state index contributed by atoms with van der Waals surface area (Å²) < 4.78 is 34.6. The van der Waals surface area contributed by atoms with Crippen LogP contribution < -0.4 is 5.32 Å². The predicted octanol–water partition coefficient (Wildman–Crippen LogP) is 20.8. The molecule has 0 radical (unpaired) electrons. The first kappa shape index (κ1) is 109. The normalized spacial score (nSPS) is 24.4. The van der Waals surface area contributed by atoms with Gasteiger partial charge in [-0.05, 0) is 44.9 Å². The number of rotatable bonds is 84. The monoisotopic (exact) mass is 1670 g/mol. The van der Waals surface area contributed by atoms with Crippen molar-refractivity contribution in [1.82, 2.24) is 5.32 Å². The fourth-order valence-electron chi connectivity index (χ4n) is 17.3. The molecule has 3 aliphatic heterocycles. The highest BCUT2D eigenvalue weighted by Gasteiger charge is 2.54.